The van der Waals surface area contributed by atoms with Gasteiger partial charge in [-0.25, -0.2) is 0 Å². The largest absolute Gasteiger partial charge is 1.00 e. The van der Waals surface area contributed by atoms with Gasteiger partial charge >= 0.3 is 29.6 Å². The second-order valence-electron chi connectivity index (χ2n) is 15.9. The molecule has 0 atom stereocenters. The Balaban J connectivity index is 0.00000722. The van der Waals surface area contributed by atoms with Crippen LogP contribution in [0.3, 0.4) is 0 Å². The van der Waals surface area contributed by atoms with Crippen molar-refractivity contribution in [2.24, 2.45) is 0 Å². The molecule has 0 aliphatic heterocycles. The number of aliphatic hydroxyl groups excluding tert-OH is 4. The minimum atomic E-state index is -5.20. The fraction of sp³-hybridized carbons (Fsp3) is 0.200. The standard InChI is InChI=1S/C40H44N12O22S6.Na.H/c53-15-11-51(12-16-54)39-47-35(45-37(49-39)43-29-21-27(75(57,58)59)7-9-31(29)77(63,64)65)41-25-5-3-23(33(19-25)79(69,70)71)1-2-24-4-6-26(20-34(24)80(72,73)74)42-36-46-38(50-40(48-36)52(13-17-55)14-18-56)44-30-22-28(76(60,61)62)8-10-32(30)78(66,67)68;;/h1-10,19-22,53-56H,11-18H2,(H,57,58,59)(H,60,61,62)(H,63,64,65)(H,66,67,68)(H,69,70,71)(H,72,73,74)(H2,41,43,45,47,49)(H2,42,44,46,48,50);;/q;+1;-1. The van der Waals surface area contributed by atoms with E-state index < -0.39 is 152 Å². The Morgan fingerprint density at radius 2 is 0.679 bits per heavy atom. The first-order chi connectivity index (χ1) is 37.2. The van der Waals surface area contributed by atoms with Crippen molar-refractivity contribution < 1.29 is 129 Å². The van der Waals surface area contributed by atoms with Gasteiger partial charge in [0, 0.05) is 37.6 Å². The Bertz CT molecular complexity index is 3810. The maximum Gasteiger partial charge on any atom is 1.00 e. The normalized spacial score (nSPS) is 12.4. The summed E-state index contributed by atoms with van der Waals surface area (Å²) >= 11 is 0. The van der Waals surface area contributed by atoms with Crippen molar-refractivity contribution in [2.45, 2.75) is 29.4 Å². The summed E-state index contributed by atoms with van der Waals surface area (Å²) < 4.78 is 208. The molecule has 0 amide bonds. The molecule has 14 N–H and O–H groups in total. The fourth-order valence-electron chi connectivity index (χ4n) is 6.95. The number of benzene rings is 4. The van der Waals surface area contributed by atoms with Crippen LogP contribution in [0.5, 0.6) is 0 Å². The molecule has 0 unspecified atom stereocenters. The molecule has 4 aromatic carbocycles. The second kappa shape index (κ2) is 26.3. The Labute approximate surface area is 484 Å². The predicted octanol–water partition coefficient (Wildman–Crippen LogP) is -2.62. The van der Waals surface area contributed by atoms with Crippen LogP contribution in [0.15, 0.2) is 102 Å². The molecule has 0 spiro atoms. The molecule has 2 heterocycles. The molecule has 0 saturated heterocycles. The van der Waals surface area contributed by atoms with E-state index in [1.54, 1.807) is 0 Å². The van der Waals surface area contributed by atoms with Gasteiger partial charge in [0.2, 0.25) is 35.7 Å². The summed E-state index contributed by atoms with van der Waals surface area (Å²) in [6.45, 7) is -3.05. The van der Waals surface area contributed by atoms with Crippen LogP contribution in [0.2, 0.25) is 0 Å². The molecule has 0 aliphatic carbocycles. The molecular formula is C40H45N12NaO22S6. The molecule has 81 heavy (non-hydrogen) atoms. The molecule has 0 fully saturated rings. The van der Waals surface area contributed by atoms with Gasteiger partial charge in [0.1, 0.15) is 19.6 Å². The zero-order valence-electron chi connectivity index (χ0n) is 42.1. The quantitative estimate of drug-likeness (QED) is 0.0150. The number of hydrogen-bond acceptors (Lipinski definition) is 28. The van der Waals surface area contributed by atoms with Crippen molar-refractivity contribution in [2.75, 3.05) is 83.7 Å². The summed E-state index contributed by atoms with van der Waals surface area (Å²) in [7, 11) is -30.5. The Morgan fingerprint density at radius 1 is 0.383 bits per heavy atom. The Morgan fingerprint density at radius 3 is 0.951 bits per heavy atom. The second-order valence-corrected chi connectivity index (χ2v) is 24.3. The van der Waals surface area contributed by atoms with Gasteiger partial charge in [-0.3, -0.25) is 27.3 Å². The average molecular weight is 1260 g/mol. The van der Waals surface area contributed by atoms with Gasteiger partial charge in [-0.1, -0.05) is 24.3 Å². The van der Waals surface area contributed by atoms with Gasteiger partial charge in [0.25, 0.3) is 60.7 Å². The van der Waals surface area contributed by atoms with Gasteiger partial charge in [-0.15, -0.1) is 0 Å². The SMILES string of the molecule is O=S(=O)(O)c1ccc(S(=O)(=O)O)c(Nc2nc(Nc3ccc(C=Cc4ccc(Nc5nc(Nc6cc(S(=O)(=O)O)ccc6S(=O)(=O)O)nc(N(CCO)CCO)n5)cc4S(=O)(=O)O)c(S(=O)(=O)O)c3)nc(N(CCO)CCO)n2)c1.[H-].[Na+]. The first-order valence-electron chi connectivity index (χ1n) is 21.8. The van der Waals surface area contributed by atoms with Crippen LogP contribution >= 0.6 is 0 Å². The number of rotatable bonds is 26. The predicted molar refractivity (Wildman–Crippen MR) is 280 cm³/mol. The number of anilines is 10. The number of hydrogen-bond donors (Lipinski definition) is 14. The zero-order valence-corrected chi connectivity index (χ0v) is 48.0. The van der Waals surface area contributed by atoms with Crippen molar-refractivity contribution >= 4 is 131 Å². The van der Waals surface area contributed by atoms with Crippen molar-refractivity contribution in [1.82, 2.24) is 29.9 Å². The summed E-state index contributed by atoms with van der Waals surface area (Å²) in [6, 6.07) is 10.1. The van der Waals surface area contributed by atoms with Crippen LogP contribution in [-0.4, -0.2) is 181 Å². The Kier molecular flexibility index (Phi) is 21.3. The minimum Gasteiger partial charge on any atom is -1.00 e. The van der Waals surface area contributed by atoms with E-state index in [-0.39, 0.29) is 91.6 Å². The maximum atomic E-state index is 12.8. The monoisotopic (exact) mass is 1260 g/mol. The smallest absolute Gasteiger partial charge is 1.00 e. The maximum absolute atomic E-state index is 12.8. The number of aliphatic hydroxyl groups is 4. The summed E-state index contributed by atoms with van der Waals surface area (Å²) in [5.41, 5.74) is -2.45. The van der Waals surface area contributed by atoms with E-state index >= 15 is 0 Å². The molecule has 434 valence electrons. The fourth-order valence-corrected chi connectivity index (χ4v) is 10.6. The van der Waals surface area contributed by atoms with Crippen LogP contribution in [0.4, 0.5) is 58.4 Å². The van der Waals surface area contributed by atoms with E-state index in [0.29, 0.717) is 36.4 Å². The molecule has 41 heteroatoms. The molecule has 6 rings (SSSR count). The van der Waals surface area contributed by atoms with Crippen LogP contribution < -0.4 is 60.6 Å². The van der Waals surface area contributed by atoms with E-state index in [0.717, 1.165) is 36.4 Å². The molecule has 6 aromatic rings. The molecule has 34 nitrogen and oxygen atoms in total. The topological polar surface area (TPSA) is 539 Å². The van der Waals surface area contributed by atoms with Crippen LogP contribution in [0.1, 0.15) is 12.6 Å². The summed E-state index contributed by atoms with van der Waals surface area (Å²) in [5.74, 6) is -2.91. The van der Waals surface area contributed by atoms with Crippen LogP contribution in [0, 0.1) is 0 Å². The van der Waals surface area contributed by atoms with Gasteiger partial charge < -0.3 is 52.9 Å². The number of nitrogens with one attached hydrogen (secondary N) is 4. The van der Waals surface area contributed by atoms with Gasteiger partial charge in [0.05, 0.1) is 47.6 Å². The summed E-state index contributed by atoms with van der Waals surface area (Å²) in [4.78, 5) is 22.0. The third kappa shape index (κ3) is 17.6. The van der Waals surface area contributed by atoms with E-state index in [1.807, 2.05) is 0 Å². The molecule has 0 aliphatic rings. The van der Waals surface area contributed by atoms with Crippen molar-refractivity contribution in [3.63, 3.8) is 0 Å². The van der Waals surface area contributed by atoms with E-state index in [2.05, 4.69) is 51.2 Å². The first kappa shape index (κ1) is 65.5. The summed E-state index contributed by atoms with van der Waals surface area (Å²) in [5, 5.41) is 48.8. The van der Waals surface area contributed by atoms with Crippen LogP contribution in [0.25, 0.3) is 12.2 Å². The number of nitrogens with zero attached hydrogens (tertiary/aromatic N) is 8. The summed E-state index contributed by atoms with van der Waals surface area (Å²) in [6.07, 6.45) is 2.01. The third-order valence-electron chi connectivity index (χ3n) is 10.4. The van der Waals surface area contributed by atoms with Crippen molar-refractivity contribution in [3.8, 4) is 0 Å². The molecular weight excluding hydrogens is 1220 g/mol. The van der Waals surface area contributed by atoms with E-state index in [9.17, 15) is 98.2 Å². The van der Waals surface area contributed by atoms with Crippen molar-refractivity contribution in [3.05, 3.63) is 83.9 Å². The van der Waals surface area contributed by atoms with Crippen molar-refractivity contribution in [1.29, 1.82) is 0 Å². The number of aromatic nitrogens is 6. The average Bonchev–Trinajstić information content (AvgIpc) is 3.34. The zero-order chi connectivity index (χ0) is 59.2. The molecule has 0 saturated carbocycles. The van der Waals surface area contributed by atoms with Gasteiger partial charge in [-0.05, 0) is 71.8 Å². The molecule has 2 aromatic heterocycles. The van der Waals surface area contributed by atoms with Crippen LogP contribution in [-0.2, 0) is 60.7 Å². The molecule has 0 radical (unpaired) electrons. The van der Waals surface area contributed by atoms with E-state index in [4.69, 9.17) is 0 Å². The molecule has 0 bridgehead atoms. The van der Waals surface area contributed by atoms with E-state index in [1.165, 1.54) is 21.9 Å². The van der Waals surface area contributed by atoms with Gasteiger partial charge in [0.15, 0.2) is 0 Å². The first-order valence-corrected chi connectivity index (χ1v) is 30.5. The third-order valence-corrected chi connectivity index (χ3v) is 15.7. The van der Waals surface area contributed by atoms with Gasteiger partial charge in [-0.2, -0.15) is 80.4 Å². The minimum absolute atomic E-state index is 0. The Hall–Kier alpha value is -6.26.